The van der Waals surface area contributed by atoms with Crippen molar-refractivity contribution in [2.45, 2.75) is 13.3 Å². The summed E-state index contributed by atoms with van der Waals surface area (Å²) < 4.78 is 28.1. The second kappa shape index (κ2) is 8.21. The number of hydrogen-bond acceptors (Lipinski definition) is 4. The van der Waals surface area contributed by atoms with E-state index in [4.69, 9.17) is 11.6 Å². The van der Waals surface area contributed by atoms with Gasteiger partial charge in [0.05, 0.1) is 6.54 Å². The van der Waals surface area contributed by atoms with Crippen molar-refractivity contribution >= 4 is 27.6 Å². The minimum absolute atomic E-state index is 0.0158. The molecule has 0 spiro atoms. The fourth-order valence-corrected chi connectivity index (χ4v) is 3.80. The maximum Gasteiger partial charge on any atom is 0.279 e. The van der Waals surface area contributed by atoms with Gasteiger partial charge in [-0.15, -0.1) is 0 Å². The van der Waals surface area contributed by atoms with Crippen molar-refractivity contribution in [3.8, 4) is 0 Å². The third-order valence-electron chi connectivity index (χ3n) is 3.74. The number of hydrogen-bond donors (Lipinski definition) is 1. The summed E-state index contributed by atoms with van der Waals surface area (Å²) in [6.45, 7) is 4.54. The molecular weight excluding hydrogens is 338 g/mol. The highest BCUT2D eigenvalue weighted by Gasteiger charge is 2.27. The van der Waals surface area contributed by atoms with E-state index in [1.54, 1.807) is 24.3 Å². The van der Waals surface area contributed by atoms with E-state index in [0.29, 0.717) is 43.3 Å². The van der Waals surface area contributed by atoms with Gasteiger partial charge in [0.15, 0.2) is 5.78 Å². The maximum atomic E-state index is 12.2. The first-order chi connectivity index (χ1) is 10.9. The molecule has 0 unspecified atom stereocenters. The number of ketones is 1. The molecule has 1 saturated heterocycles. The molecule has 0 aliphatic carbocycles. The van der Waals surface area contributed by atoms with Crippen LogP contribution in [-0.4, -0.2) is 62.7 Å². The first-order valence-corrected chi connectivity index (χ1v) is 9.50. The Bertz CT molecular complexity index is 626. The number of halogens is 1. The van der Waals surface area contributed by atoms with Crippen LogP contribution in [0.4, 0.5) is 0 Å². The molecule has 1 N–H and O–H groups in total. The second-order valence-electron chi connectivity index (χ2n) is 5.50. The molecular formula is C15H22ClN3O3S. The fraction of sp³-hybridized carbons (Fsp3) is 0.533. The molecule has 8 heteroatoms. The van der Waals surface area contributed by atoms with Crippen molar-refractivity contribution in [3.05, 3.63) is 34.9 Å². The van der Waals surface area contributed by atoms with E-state index < -0.39 is 10.2 Å². The average Bonchev–Trinajstić information content (AvgIpc) is 2.54. The van der Waals surface area contributed by atoms with E-state index in [1.807, 2.05) is 11.8 Å². The molecule has 1 heterocycles. The van der Waals surface area contributed by atoms with Gasteiger partial charge >= 0.3 is 0 Å². The average molecular weight is 360 g/mol. The summed E-state index contributed by atoms with van der Waals surface area (Å²) in [5.41, 5.74) is 0.620. The molecule has 0 amide bonds. The monoisotopic (exact) mass is 359 g/mol. The number of carbonyl (C=O) groups is 1. The van der Waals surface area contributed by atoms with Gasteiger partial charge < -0.3 is 0 Å². The van der Waals surface area contributed by atoms with Crippen LogP contribution in [0.1, 0.15) is 23.7 Å². The van der Waals surface area contributed by atoms with E-state index in [-0.39, 0.29) is 12.3 Å². The van der Waals surface area contributed by atoms with E-state index in [9.17, 15) is 13.2 Å². The number of Topliss-reactive ketones (excluding diaryl/α,β-unsaturated/α-hetero) is 1. The van der Waals surface area contributed by atoms with Crippen LogP contribution in [0.25, 0.3) is 0 Å². The van der Waals surface area contributed by atoms with Gasteiger partial charge in [-0.1, -0.05) is 18.5 Å². The Morgan fingerprint density at radius 2 is 1.78 bits per heavy atom. The van der Waals surface area contributed by atoms with Crippen molar-refractivity contribution in [1.29, 1.82) is 0 Å². The molecule has 1 fully saturated rings. The summed E-state index contributed by atoms with van der Waals surface area (Å²) in [6.07, 6.45) is 0.759. The van der Waals surface area contributed by atoms with E-state index in [1.165, 1.54) is 4.31 Å². The predicted molar refractivity (Wildman–Crippen MR) is 91.0 cm³/mol. The number of rotatable bonds is 7. The maximum absolute atomic E-state index is 12.2. The van der Waals surface area contributed by atoms with Gasteiger partial charge in [0.25, 0.3) is 10.2 Å². The van der Waals surface area contributed by atoms with Crippen LogP contribution < -0.4 is 4.72 Å². The van der Waals surface area contributed by atoms with Crippen molar-refractivity contribution in [2.75, 3.05) is 39.3 Å². The number of piperazine rings is 1. The molecule has 0 saturated carbocycles. The van der Waals surface area contributed by atoms with Gasteiger partial charge in [-0.2, -0.15) is 12.7 Å². The van der Waals surface area contributed by atoms with Crippen molar-refractivity contribution < 1.29 is 13.2 Å². The molecule has 128 valence electrons. The zero-order chi connectivity index (χ0) is 16.9. The van der Waals surface area contributed by atoms with Crippen LogP contribution >= 0.6 is 11.6 Å². The van der Waals surface area contributed by atoms with Gasteiger partial charge in [0.1, 0.15) is 0 Å². The van der Waals surface area contributed by atoms with Gasteiger partial charge in [-0.05, 0) is 30.7 Å². The lowest BCUT2D eigenvalue weighted by Gasteiger charge is -2.33. The standard InChI is InChI=1S/C15H22ClN3O3S/c1-2-7-17-23(21,22)19-10-8-18(9-11-19)12-15(20)13-3-5-14(16)6-4-13/h3-6,17H,2,7-12H2,1H3. The zero-order valence-corrected chi connectivity index (χ0v) is 14.7. The van der Waals surface area contributed by atoms with E-state index >= 15 is 0 Å². The number of nitrogens with zero attached hydrogens (tertiary/aromatic N) is 2. The molecule has 23 heavy (non-hydrogen) atoms. The Balaban J connectivity index is 1.85. The van der Waals surface area contributed by atoms with Gasteiger partial charge in [-0.25, -0.2) is 4.72 Å². The first-order valence-electron chi connectivity index (χ1n) is 7.68. The van der Waals surface area contributed by atoms with E-state index in [2.05, 4.69) is 4.72 Å². The van der Waals surface area contributed by atoms with Crippen LogP contribution in [0, 0.1) is 0 Å². The molecule has 1 aromatic rings. The molecule has 2 rings (SSSR count). The molecule has 0 aromatic heterocycles. The molecule has 1 aliphatic rings. The largest absolute Gasteiger partial charge is 0.293 e. The highest BCUT2D eigenvalue weighted by molar-refractivity contribution is 7.87. The summed E-state index contributed by atoms with van der Waals surface area (Å²) in [5.74, 6) is 0.0158. The number of nitrogens with one attached hydrogen (secondary N) is 1. The van der Waals surface area contributed by atoms with E-state index in [0.717, 1.165) is 6.42 Å². The fourth-order valence-electron chi connectivity index (χ4n) is 2.38. The normalized spacial score (nSPS) is 17.3. The van der Waals surface area contributed by atoms with Crippen LogP contribution in [0.15, 0.2) is 24.3 Å². The Hall–Kier alpha value is -0.990. The van der Waals surface area contributed by atoms with Crippen LogP contribution in [0.2, 0.25) is 5.02 Å². The minimum atomic E-state index is -3.40. The number of carbonyl (C=O) groups excluding carboxylic acids is 1. The Labute approximate surface area is 142 Å². The summed E-state index contributed by atoms with van der Waals surface area (Å²) in [6, 6.07) is 6.80. The molecule has 0 radical (unpaired) electrons. The minimum Gasteiger partial charge on any atom is -0.293 e. The van der Waals surface area contributed by atoms with Crippen LogP contribution in [0.5, 0.6) is 0 Å². The second-order valence-corrected chi connectivity index (χ2v) is 7.70. The van der Waals surface area contributed by atoms with Crippen molar-refractivity contribution in [3.63, 3.8) is 0 Å². The third kappa shape index (κ3) is 5.26. The molecule has 0 bridgehead atoms. The highest BCUT2D eigenvalue weighted by atomic mass is 35.5. The van der Waals surface area contributed by atoms with Crippen LogP contribution in [0.3, 0.4) is 0 Å². The van der Waals surface area contributed by atoms with Crippen molar-refractivity contribution in [2.24, 2.45) is 0 Å². The number of benzene rings is 1. The van der Waals surface area contributed by atoms with Gasteiger partial charge in [0, 0.05) is 43.3 Å². The van der Waals surface area contributed by atoms with Gasteiger partial charge in [-0.3, -0.25) is 9.69 Å². The Kier molecular flexibility index (Phi) is 6.55. The zero-order valence-electron chi connectivity index (χ0n) is 13.2. The lowest BCUT2D eigenvalue weighted by Crippen LogP contribution is -2.52. The lowest BCUT2D eigenvalue weighted by atomic mass is 10.1. The summed E-state index contributed by atoms with van der Waals surface area (Å²) in [7, 11) is -3.40. The lowest BCUT2D eigenvalue weighted by molar-refractivity contribution is 0.0901. The molecule has 6 nitrogen and oxygen atoms in total. The third-order valence-corrected chi connectivity index (χ3v) is 5.60. The predicted octanol–water partition coefficient (Wildman–Crippen LogP) is 1.38. The van der Waals surface area contributed by atoms with Crippen molar-refractivity contribution in [1.82, 2.24) is 13.9 Å². The highest BCUT2D eigenvalue weighted by Crippen LogP contribution is 2.12. The first kappa shape index (κ1) is 18.4. The topological polar surface area (TPSA) is 69.7 Å². The smallest absolute Gasteiger partial charge is 0.279 e. The molecule has 0 atom stereocenters. The Morgan fingerprint density at radius 1 is 1.17 bits per heavy atom. The summed E-state index contributed by atoms with van der Waals surface area (Å²) >= 11 is 5.81. The van der Waals surface area contributed by atoms with Crippen LogP contribution in [-0.2, 0) is 10.2 Å². The Morgan fingerprint density at radius 3 is 2.35 bits per heavy atom. The van der Waals surface area contributed by atoms with Gasteiger partial charge in [0.2, 0.25) is 0 Å². The summed E-state index contributed by atoms with van der Waals surface area (Å²) in [4.78, 5) is 14.2. The summed E-state index contributed by atoms with van der Waals surface area (Å²) in [5, 5.41) is 0.597. The quantitative estimate of drug-likeness (QED) is 0.747. The SMILES string of the molecule is CCCNS(=O)(=O)N1CCN(CC(=O)c2ccc(Cl)cc2)CC1. The molecule has 1 aliphatic heterocycles. The molecule has 1 aromatic carbocycles.